The zero-order chi connectivity index (χ0) is 12.6. The van der Waals surface area contributed by atoms with Crippen LogP contribution in [0.2, 0.25) is 0 Å². The van der Waals surface area contributed by atoms with E-state index in [0.717, 1.165) is 31.1 Å². The molecule has 0 bridgehead atoms. The summed E-state index contributed by atoms with van der Waals surface area (Å²) in [4.78, 5) is 0. The van der Waals surface area contributed by atoms with E-state index >= 15 is 0 Å². The van der Waals surface area contributed by atoms with Crippen LogP contribution in [0.1, 0.15) is 26.7 Å². The Morgan fingerprint density at radius 1 is 1.00 bits per heavy atom. The fourth-order valence-corrected chi connectivity index (χ4v) is 3.75. The third-order valence-electron chi connectivity index (χ3n) is 3.56. The largest absolute Gasteiger partial charge is 0.370 e. The van der Waals surface area contributed by atoms with Crippen molar-refractivity contribution in [1.29, 1.82) is 0 Å². The molecule has 3 fully saturated rings. The van der Waals surface area contributed by atoms with Crippen molar-refractivity contribution in [2.24, 2.45) is 5.41 Å². The lowest BCUT2D eigenvalue weighted by Crippen LogP contribution is -2.50. The molecule has 6 heteroatoms. The molecule has 104 valence electrons. The van der Waals surface area contributed by atoms with Crippen molar-refractivity contribution in [1.82, 2.24) is 0 Å². The van der Waals surface area contributed by atoms with E-state index < -0.39 is 0 Å². The van der Waals surface area contributed by atoms with Gasteiger partial charge in [0, 0.05) is 24.0 Å². The quantitative estimate of drug-likeness (QED) is 0.781. The van der Waals surface area contributed by atoms with Crippen molar-refractivity contribution < 1.29 is 23.7 Å². The highest BCUT2D eigenvalue weighted by atomic mass is 32.2. The normalized spacial score (nSPS) is 48.3. The fourth-order valence-electron chi connectivity index (χ4n) is 2.71. The van der Waals surface area contributed by atoms with Crippen LogP contribution in [-0.4, -0.2) is 43.5 Å². The second-order valence-electron chi connectivity index (χ2n) is 5.26. The van der Waals surface area contributed by atoms with Crippen molar-refractivity contribution in [3.63, 3.8) is 0 Å². The van der Waals surface area contributed by atoms with E-state index in [4.69, 9.17) is 23.7 Å². The third-order valence-corrected chi connectivity index (χ3v) is 4.71. The second-order valence-corrected chi connectivity index (χ2v) is 6.19. The monoisotopic (exact) mass is 276 g/mol. The van der Waals surface area contributed by atoms with Gasteiger partial charge < -0.3 is 23.7 Å². The smallest absolute Gasteiger partial charge is 0.164 e. The van der Waals surface area contributed by atoms with Crippen LogP contribution >= 0.6 is 11.8 Å². The molecule has 3 aliphatic rings. The van der Waals surface area contributed by atoms with E-state index in [-0.39, 0.29) is 30.6 Å². The van der Waals surface area contributed by atoms with Gasteiger partial charge in [-0.25, -0.2) is 0 Å². The minimum Gasteiger partial charge on any atom is -0.370 e. The third kappa shape index (κ3) is 2.84. The molecule has 0 spiro atoms. The van der Waals surface area contributed by atoms with E-state index in [1.807, 2.05) is 25.6 Å². The average Bonchev–Trinajstić information content (AvgIpc) is 2.26. The zero-order valence-electron chi connectivity index (χ0n) is 10.8. The average molecular weight is 276 g/mol. The van der Waals surface area contributed by atoms with Crippen LogP contribution in [0.5, 0.6) is 0 Å². The molecule has 3 heterocycles. The summed E-state index contributed by atoms with van der Waals surface area (Å²) in [6.07, 6.45) is 1.37. The first-order chi connectivity index (χ1) is 8.65. The highest BCUT2D eigenvalue weighted by molar-refractivity contribution is 7.99. The number of ether oxygens (including phenoxy) is 5. The van der Waals surface area contributed by atoms with Gasteiger partial charge in [0.05, 0.1) is 12.5 Å². The summed E-state index contributed by atoms with van der Waals surface area (Å²) >= 11 is 1.81. The summed E-state index contributed by atoms with van der Waals surface area (Å²) in [7, 11) is 0. The SMILES string of the molecule is CC1OC(CC2(CC3OC(C)O3)COCSC2)O1. The first kappa shape index (κ1) is 13.1. The Morgan fingerprint density at radius 2 is 1.56 bits per heavy atom. The Balaban J connectivity index is 1.56. The molecule has 0 atom stereocenters. The molecule has 5 nitrogen and oxygen atoms in total. The number of hydrogen-bond acceptors (Lipinski definition) is 6. The minimum atomic E-state index is -0.0974. The molecule has 0 N–H and O–H groups in total. The van der Waals surface area contributed by atoms with Crippen molar-refractivity contribution >= 4 is 11.8 Å². The van der Waals surface area contributed by atoms with Crippen molar-refractivity contribution in [3.05, 3.63) is 0 Å². The molecule has 18 heavy (non-hydrogen) atoms. The summed E-state index contributed by atoms with van der Waals surface area (Å²) in [6, 6.07) is 0. The molecule has 0 radical (unpaired) electrons. The lowest BCUT2D eigenvalue weighted by Gasteiger charge is -2.46. The van der Waals surface area contributed by atoms with Crippen LogP contribution in [0.15, 0.2) is 0 Å². The summed E-state index contributed by atoms with van der Waals surface area (Å²) in [5.41, 5.74) is 0.0402. The van der Waals surface area contributed by atoms with Crippen LogP contribution in [0.4, 0.5) is 0 Å². The molecular formula is C12H20O5S. The fraction of sp³-hybridized carbons (Fsp3) is 1.00. The molecule has 0 aliphatic carbocycles. The molecule has 3 aliphatic heterocycles. The summed E-state index contributed by atoms with van der Waals surface area (Å²) in [5.74, 6) is 1.81. The van der Waals surface area contributed by atoms with Gasteiger partial charge in [-0.05, 0) is 13.8 Å². The number of rotatable bonds is 4. The van der Waals surface area contributed by atoms with Gasteiger partial charge in [-0.15, -0.1) is 11.8 Å². The summed E-state index contributed by atoms with van der Waals surface area (Å²) in [5, 5.41) is 0. The summed E-state index contributed by atoms with van der Waals surface area (Å²) < 4.78 is 27.8. The highest BCUT2D eigenvalue weighted by Gasteiger charge is 2.44. The minimum absolute atomic E-state index is 0.0402. The van der Waals surface area contributed by atoms with Crippen LogP contribution in [0, 0.1) is 5.41 Å². The predicted octanol–water partition coefficient (Wildman–Crippen LogP) is 1.91. The molecule has 3 rings (SSSR count). The maximum absolute atomic E-state index is 5.62. The van der Waals surface area contributed by atoms with Gasteiger partial charge >= 0.3 is 0 Å². The topological polar surface area (TPSA) is 46.2 Å². The highest BCUT2D eigenvalue weighted by Crippen LogP contribution is 2.42. The van der Waals surface area contributed by atoms with Crippen molar-refractivity contribution in [2.45, 2.75) is 51.8 Å². The predicted molar refractivity (Wildman–Crippen MR) is 65.8 cm³/mol. The first-order valence-corrected chi connectivity index (χ1v) is 7.58. The van der Waals surface area contributed by atoms with E-state index in [0.29, 0.717) is 0 Å². The van der Waals surface area contributed by atoms with Crippen LogP contribution in [-0.2, 0) is 23.7 Å². The van der Waals surface area contributed by atoms with Gasteiger partial charge in [-0.3, -0.25) is 0 Å². The van der Waals surface area contributed by atoms with E-state index in [1.165, 1.54) is 0 Å². The Kier molecular flexibility index (Phi) is 3.85. The Bertz CT molecular complexity index is 260. The Morgan fingerprint density at radius 3 is 1.94 bits per heavy atom. The van der Waals surface area contributed by atoms with Crippen LogP contribution in [0.3, 0.4) is 0 Å². The van der Waals surface area contributed by atoms with Crippen molar-refractivity contribution in [3.8, 4) is 0 Å². The van der Waals surface area contributed by atoms with Gasteiger partial charge in [-0.1, -0.05) is 0 Å². The van der Waals surface area contributed by atoms with Gasteiger partial charge in [0.1, 0.15) is 0 Å². The summed E-state index contributed by atoms with van der Waals surface area (Å²) in [6.45, 7) is 4.56. The molecule has 3 saturated heterocycles. The van der Waals surface area contributed by atoms with Gasteiger partial charge in [0.25, 0.3) is 0 Å². The van der Waals surface area contributed by atoms with E-state index in [9.17, 15) is 0 Å². The molecule has 0 amide bonds. The lowest BCUT2D eigenvalue weighted by atomic mass is 9.82. The standard InChI is InChI=1S/C12H20O5S/c1-8-14-10(15-8)3-12(5-13-7-18-6-12)4-11-16-9(2)17-11/h8-11H,3-7H2,1-2H3. The number of hydrogen-bond donors (Lipinski definition) is 0. The molecular weight excluding hydrogens is 256 g/mol. The second kappa shape index (κ2) is 5.26. The van der Waals surface area contributed by atoms with Crippen LogP contribution < -0.4 is 0 Å². The molecule has 0 unspecified atom stereocenters. The van der Waals surface area contributed by atoms with E-state index in [1.54, 1.807) is 0 Å². The van der Waals surface area contributed by atoms with Gasteiger partial charge in [0.15, 0.2) is 25.2 Å². The maximum atomic E-state index is 5.62. The molecule has 0 aromatic heterocycles. The Labute approximate surface area is 111 Å². The lowest BCUT2D eigenvalue weighted by molar-refractivity contribution is -0.397. The van der Waals surface area contributed by atoms with Gasteiger partial charge in [0.2, 0.25) is 0 Å². The molecule has 0 aromatic rings. The van der Waals surface area contributed by atoms with Crippen LogP contribution in [0.25, 0.3) is 0 Å². The first-order valence-electron chi connectivity index (χ1n) is 6.43. The molecule has 0 aromatic carbocycles. The maximum Gasteiger partial charge on any atom is 0.164 e. The number of thioether (sulfide) groups is 1. The Hall–Kier alpha value is 0.150. The van der Waals surface area contributed by atoms with E-state index in [2.05, 4.69) is 0 Å². The van der Waals surface area contributed by atoms with Gasteiger partial charge in [-0.2, -0.15) is 0 Å². The zero-order valence-corrected chi connectivity index (χ0v) is 11.6. The molecule has 0 saturated carbocycles. The van der Waals surface area contributed by atoms with Crippen molar-refractivity contribution in [2.75, 3.05) is 18.3 Å².